The van der Waals surface area contributed by atoms with Crippen molar-refractivity contribution in [2.45, 2.75) is 32.4 Å². The molecule has 1 aromatic heterocycles. The highest BCUT2D eigenvalue weighted by Crippen LogP contribution is 2.22. The number of carboxylic acid groups (broad SMARTS) is 1. The molecule has 0 aromatic carbocycles. The number of likely N-dealkylation sites (tertiary alicyclic amines) is 1. The number of carbonyl (C=O) groups is 1. The molecule has 0 bridgehead atoms. The largest absolute Gasteiger partial charge is 0.478 e. The number of carboxylic acids is 1. The second-order valence-corrected chi connectivity index (χ2v) is 6.13. The fraction of sp³-hybridized carbons (Fsp3) is 0.533. The molecule has 1 aliphatic heterocycles. The first-order valence-electron chi connectivity index (χ1n) is 7.01. The van der Waals surface area contributed by atoms with Crippen molar-refractivity contribution in [3.05, 3.63) is 28.0 Å². The topological polar surface area (TPSA) is 49.8 Å². The van der Waals surface area contributed by atoms with E-state index in [9.17, 15) is 4.79 Å². The summed E-state index contributed by atoms with van der Waals surface area (Å²) in [6.45, 7) is 5.85. The molecule has 4 nitrogen and oxygen atoms in total. The molecule has 1 unspecified atom stereocenters. The van der Waals surface area contributed by atoms with Gasteiger partial charge in [0.25, 0.3) is 0 Å². The third kappa shape index (κ3) is 4.74. The van der Waals surface area contributed by atoms with E-state index < -0.39 is 5.97 Å². The monoisotopic (exact) mass is 295 g/mol. The van der Waals surface area contributed by atoms with Crippen LogP contribution in [0.3, 0.4) is 0 Å². The van der Waals surface area contributed by atoms with Crippen LogP contribution in [-0.4, -0.2) is 41.8 Å². The molecule has 0 saturated carbocycles. The zero-order valence-electron chi connectivity index (χ0n) is 11.7. The van der Waals surface area contributed by atoms with Crippen molar-refractivity contribution in [1.82, 2.24) is 4.90 Å². The van der Waals surface area contributed by atoms with Crippen LogP contribution in [0.2, 0.25) is 0 Å². The van der Waals surface area contributed by atoms with Crippen molar-refractivity contribution in [3.8, 4) is 0 Å². The van der Waals surface area contributed by atoms with Crippen LogP contribution >= 0.6 is 11.3 Å². The van der Waals surface area contributed by atoms with Gasteiger partial charge in [-0.3, -0.25) is 4.90 Å². The van der Waals surface area contributed by atoms with Gasteiger partial charge in [-0.15, -0.1) is 11.3 Å². The first-order valence-corrected chi connectivity index (χ1v) is 7.82. The van der Waals surface area contributed by atoms with E-state index in [0.29, 0.717) is 6.10 Å². The molecule has 2 heterocycles. The number of piperidine rings is 1. The summed E-state index contributed by atoms with van der Waals surface area (Å²) in [6.07, 6.45) is 5.53. The van der Waals surface area contributed by atoms with Gasteiger partial charge in [-0.2, -0.15) is 0 Å². The third-order valence-corrected chi connectivity index (χ3v) is 4.35. The minimum Gasteiger partial charge on any atom is -0.478 e. The molecular weight excluding hydrogens is 274 g/mol. The number of aliphatic carboxylic acids is 1. The highest BCUT2D eigenvalue weighted by atomic mass is 32.1. The highest BCUT2D eigenvalue weighted by molar-refractivity contribution is 7.12. The standard InChI is InChI=1S/C15H21NO3S/c1-2-19-12-4-3-9-16(10-12)11-14-6-5-13(20-14)7-8-15(17)18/h5-8,12H,2-4,9-11H2,1H3,(H,17,18). The molecule has 1 saturated heterocycles. The van der Waals surface area contributed by atoms with Crippen LogP contribution < -0.4 is 0 Å². The molecule has 1 fully saturated rings. The Balaban J connectivity index is 1.88. The Labute approximate surface area is 123 Å². The van der Waals surface area contributed by atoms with E-state index in [1.165, 1.54) is 17.4 Å². The van der Waals surface area contributed by atoms with Crippen LogP contribution in [0.5, 0.6) is 0 Å². The molecule has 0 radical (unpaired) electrons. The van der Waals surface area contributed by atoms with E-state index in [1.54, 1.807) is 17.4 Å². The molecule has 1 atom stereocenters. The van der Waals surface area contributed by atoms with Gasteiger partial charge in [0.1, 0.15) is 0 Å². The maximum absolute atomic E-state index is 10.5. The molecule has 2 rings (SSSR count). The summed E-state index contributed by atoms with van der Waals surface area (Å²) >= 11 is 1.65. The summed E-state index contributed by atoms with van der Waals surface area (Å²) in [5.41, 5.74) is 0. The maximum Gasteiger partial charge on any atom is 0.328 e. The summed E-state index contributed by atoms with van der Waals surface area (Å²) in [5.74, 6) is -0.907. The van der Waals surface area contributed by atoms with Gasteiger partial charge < -0.3 is 9.84 Å². The minimum atomic E-state index is -0.907. The SMILES string of the molecule is CCOC1CCCN(Cc2ccc(C=CC(=O)O)s2)C1. The third-order valence-electron chi connectivity index (χ3n) is 3.32. The Bertz CT molecular complexity index is 467. The molecule has 1 aliphatic rings. The lowest BCUT2D eigenvalue weighted by molar-refractivity contribution is -0.131. The lowest BCUT2D eigenvalue weighted by Gasteiger charge is -2.32. The molecule has 0 aliphatic carbocycles. The Kier molecular flexibility index (Phi) is 5.76. The van der Waals surface area contributed by atoms with Gasteiger partial charge in [0.05, 0.1) is 6.10 Å². The highest BCUT2D eigenvalue weighted by Gasteiger charge is 2.20. The van der Waals surface area contributed by atoms with Gasteiger partial charge in [0.15, 0.2) is 0 Å². The second-order valence-electron chi connectivity index (χ2n) is 4.93. The number of hydrogen-bond acceptors (Lipinski definition) is 4. The van der Waals surface area contributed by atoms with E-state index in [-0.39, 0.29) is 0 Å². The first-order chi connectivity index (χ1) is 9.67. The number of hydrogen-bond donors (Lipinski definition) is 1. The Morgan fingerprint density at radius 3 is 3.20 bits per heavy atom. The van der Waals surface area contributed by atoms with Crippen molar-refractivity contribution in [2.75, 3.05) is 19.7 Å². The summed E-state index contributed by atoms with van der Waals surface area (Å²) in [7, 11) is 0. The molecule has 110 valence electrons. The van der Waals surface area contributed by atoms with E-state index in [1.807, 2.05) is 13.0 Å². The molecule has 1 N–H and O–H groups in total. The molecule has 5 heteroatoms. The Morgan fingerprint density at radius 2 is 2.45 bits per heavy atom. The average Bonchev–Trinajstić information content (AvgIpc) is 2.85. The average molecular weight is 295 g/mol. The molecular formula is C15H21NO3S. The van der Waals surface area contributed by atoms with Crippen molar-refractivity contribution >= 4 is 23.4 Å². The van der Waals surface area contributed by atoms with E-state index in [4.69, 9.17) is 9.84 Å². The summed E-state index contributed by atoms with van der Waals surface area (Å²) < 4.78 is 5.71. The van der Waals surface area contributed by atoms with E-state index in [2.05, 4.69) is 11.0 Å². The summed E-state index contributed by atoms with van der Waals surface area (Å²) in [5, 5.41) is 8.62. The number of ether oxygens (including phenoxy) is 1. The predicted octanol–water partition coefficient (Wildman–Crippen LogP) is 2.85. The fourth-order valence-corrected chi connectivity index (χ4v) is 3.43. The van der Waals surface area contributed by atoms with Crippen LogP contribution in [0.15, 0.2) is 18.2 Å². The first kappa shape index (κ1) is 15.2. The fourth-order valence-electron chi connectivity index (χ4n) is 2.47. The van der Waals surface area contributed by atoms with Gasteiger partial charge in [0.2, 0.25) is 0 Å². The van der Waals surface area contributed by atoms with Crippen LogP contribution in [0.25, 0.3) is 6.08 Å². The predicted molar refractivity (Wildman–Crippen MR) is 80.9 cm³/mol. The minimum absolute atomic E-state index is 0.361. The molecule has 20 heavy (non-hydrogen) atoms. The number of thiophene rings is 1. The Hall–Kier alpha value is -1.17. The van der Waals surface area contributed by atoms with Crippen LogP contribution in [0, 0.1) is 0 Å². The van der Waals surface area contributed by atoms with Crippen molar-refractivity contribution < 1.29 is 14.6 Å². The van der Waals surface area contributed by atoms with Gasteiger partial charge in [-0.05, 0) is 44.5 Å². The van der Waals surface area contributed by atoms with Crippen LogP contribution in [0.1, 0.15) is 29.5 Å². The molecule has 0 spiro atoms. The summed E-state index contributed by atoms with van der Waals surface area (Å²) in [4.78, 5) is 15.2. The summed E-state index contributed by atoms with van der Waals surface area (Å²) in [6, 6.07) is 4.06. The maximum atomic E-state index is 10.5. The normalized spacial score (nSPS) is 20.6. The lowest BCUT2D eigenvalue weighted by atomic mass is 10.1. The lowest BCUT2D eigenvalue weighted by Crippen LogP contribution is -2.39. The van der Waals surface area contributed by atoms with Gasteiger partial charge >= 0.3 is 5.97 Å². The van der Waals surface area contributed by atoms with Crippen LogP contribution in [-0.2, 0) is 16.1 Å². The quantitative estimate of drug-likeness (QED) is 0.820. The van der Waals surface area contributed by atoms with Crippen molar-refractivity contribution in [2.24, 2.45) is 0 Å². The Morgan fingerprint density at radius 1 is 1.60 bits per heavy atom. The van der Waals surface area contributed by atoms with Gasteiger partial charge in [-0.1, -0.05) is 0 Å². The zero-order chi connectivity index (χ0) is 14.4. The van der Waals surface area contributed by atoms with Crippen molar-refractivity contribution in [3.63, 3.8) is 0 Å². The van der Waals surface area contributed by atoms with Gasteiger partial charge in [0, 0.05) is 35.5 Å². The number of nitrogens with zero attached hydrogens (tertiary/aromatic N) is 1. The van der Waals surface area contributed by atoms with Crippen molar-refractivity contribution in [1.29, 1.82) is 0 Å². The van der Waals surface area contributed by atoms with Crippen LogP contribution in [0.4, 0.5) is 0 Å². The smallest absolute Gasteiger partial charge is 0.328 e. The second kappa shape index (κ2) is 7.57. The zero-order valence-corrected chi connectivity index (χ0v) is 12.6. The molecule has 1 aromatic rings. The number of rotatable bonds is 6. The molecule has 0 amide bonds. The van der Waals surface area contributed by atoms with Gasteiger partial charge in [-0.25, -0.2) is 4.79 Å². The van der Waals surface area contributed by atoms with E-state index >= 15 is 0 Å². The van der Waals surface area contributed by atoms with E-state index in [0.717, 1.165) is 37.5 Å².